The Bertz CT molecular complexity index is 868. The van der Waals surface area contributed by atoms with Crippen molar-refractivity contribution in [2.75, 3.05) is 18.4 Å². The summed E-state index contributed by atoms with van der Waals surface area (Å²) in [4.78, 5) is 53.6. The Morgan fingerprint density at radius 2 is 1.58 bits per heavy atom. The summed E-state index contributed by atoms with van der Waals surface area (Å²) in [7, 11) is 0. The van der Waals surface area contributed by atoms with Crippen LogP contribution >= 0.6 is 0 Å². The molecule has 166 valence electrons. The van der Waals surface area contributed by atoms with Crippen LogP contribution in [-0.2, 0) is 9.59 Å². The molecular weight excluding hydrogens is 396 g/mol. The number of benzene rings is 1. The molecular formula is C23H30N4O4. The van der Waals surface area contributed by atoms with Gasteiger partial charge in [-0.15, -0.1) is 0 Å². The van der Waals surface area contributed by atoms with E-state index < -0.39 is 23.5 Å². The van der Waals surface area contributed by atoms with Crippen molar-refractivity contribution in [3.8, 4) is 0 Å². The Kier molecular flexibility index (Phi) is 5.98. The highest BCUT2D eigenvalue weighted by Gasteiger charge is 2.54. The predicted molar refractivity (Wildman–Crippen MR) is 115 cm³/mol. The second kappa shape index (κ2) is 8.69. The van der Waals surface area contributed by atoms with Gasteiger partial charge >= 0.3 is 6.03 Å². The van der Waals surface area contributed by atoms with Crippen LogP contribution in [0.2, 0.25) is 0 Å². The van der Waals surface area contributed by atoms with Crippen molar-refractivity contribution in [2.24, 2.45) is 0 Å². The van der Waals surface area contributed by atoms with E-state index in [1.807, 2.05) is 4.90 Å². The lowest BCUT2D eigenvalue weighted by Crippen LogP contribution is -2.48. The lowest BCUT2D eigenvalue weighted by Gasteiger charge is -2.23. The minimum absolute atomic E-state index is 0.00865. The maximum absolute atomic E-state index is 12.9. The van der Waals surface area contributed by atoms with Gasteiger partial charge in [-0.2, -0.15) is 0 Å². The molecule has 1 atom stereocenters. The molecule has 3 aliphatic rings. The Balaban J connectivity index is 1.38. The van der Waals surface area contributed by atoms with Gasteiger partial charge in [-0.3, -0.25) is 14.4 Å². The highest BCUT2D eigenvalue weighted by Crippen LogP contribution is 2.35. The van der Waals surface area contributed by atoms with E-state index in [9.17, 15) is 19.2 Å². The van der Waals surface area contributed by atoms with Gasteiger partial charge in [0.1, 0.15) is 11.6 Å². The standard InChI is InChI=1S/C23H30N4O4/c1-16(27-21(30)23(25-22(27)31)12-4-5-13-23)19(28)24-18-10-8-17(9-11-18)20(29)26-14-6-2-3-7-15-26/h8-11,16H,2-7,12-15H2,1H3,(H,24,28)(H,25,31). The van der Waals surface area contributed by atoms with E-state index in [1.54, 1.807) is 31.2 Å². The molecule has 1 unspecified atom stereocenters. The van der Waals surface area contributed by atoms with Crippen LogP contribution in [0.25, 0.3) is 0 Å². The number of hydrogen-bond donors (Lipinski definition) is 2. The lowest BCUT2D eigenvalue weighted by atomic mass is 9.97. The molecule has 3 fully saturated rings. The first-order valence-electron chi connectivity index (χ1n) is 11.3. The molecule has 0 aromatic heterocycles. The summed E-state index contributed by atoms with van der Waals surface area (Å²) >= 11 is 0. The molecule has 8 nitrogen and oxygen atoms in total. The number of rotatable bonds is 4. The highest BCUT2D eigenvalue weighted by molar-refractivity contribution is 6.11. The Labute approximate surface area is 182 Å². The van der Waals surface area contributed by atoms with Crippen molar-refractivity contribution < 1.29 is 19.2 Å². The number of hydrogen-bond acceptors (Lipinski definition) is 4. The Morgan fingerprint density at radius 3 is 2.19 bits per heavy atom. The maximum Gasteiger partial charge on any atom is 0.325 e. The van der Waals surface area contributed by atoms with Gasteiger partial charge in [-0.05, 0) is 56.9 Å². The fourth-order valence-electron chi connectivity index (χ4n) is 4.83. The second-order valence-electron chi connectivity index (χ2n) is 8.84. The van der Waals surface area contributed by atoms with E-state index in [4.69, 9.17) is 0 Å². The van der Waals surface area contributed by atoms with Gasteiger partial charge in [-0.25, -0.2) is 9.69 Å². The molecule has 2 heterocycles. The minimum atomic E-state index is -0.925. The molecule has 2 aliphatic heterocycles. The van der Waals surface area contributed by atoms with Gasteiger partial charge in [0.05, 0.1) is 0 Å². The number of anilines is 1. The number of carbonyl (C=O) groups excluding carboxylic acids is 4. The number of nitrogens with one attached hydrogen (secondary N) is 2. The van der Waals surface area contributed by atoms with Crippen molar-refractivity contribution in [3.63, 3.8) is 0 Å². The van der Waals surface area contributed by atoms with Gasteiger partial charge in [0.2, 0.25) is 5.91 Å². The zero-order chi connectivity index (χ0) is 22.0. The largest absolute Gasteiger partial charge is 0.339 e. The molecule has 0 radical (unpaired) electrons. The first-order valence-corrected chi connectivity index (χ1v) is 11.3. The van der Waals surface area contributed by atoms with Crippen molar-refractivity contribution in [2.45, 2.75) is 69.9 Å². The topological polar surface area (TPSA) is 98.8 Å². The molecule has 2 saturated heterocycles. The van der Waals surface area contributed by atoms with Gasteiger partial charge in [0.15, 0.2) is 0 Å². The third kappa shape index (κ3) is 4.16. The van der Waals surface area contributed by atoms with E-state index in [1.165, 1.54) is 0 Å². The van der Waals surface area contributed by atoms with E-state index in [2.05, 4.69) is 10.6 Å². The molecule has 8 heteroatoms. The summed E-state index contributed by atoms with van der Waals surface area (Å²) in [6.07, 6.45) is 7.40. The predicted octanol–water partition coefficient (Wildman–Crippen LogP) is 2.89. The fourth-order valence-corrected chi connectivity index (χ4v) is 4.83. The van der Waals surface area contributed by atoms with Crippen molar-refractivity contribution in [3.05, 3.63) is 29.8 Å². The number of imide groups is 1. The normalized spacial score (nSPS) is 21.7. The Morgan fingerprint density at radius 1 is 0.968 bits per heavy atom. The van der Waals surface area contributed by atoms with E-state index in [-0.39, 0.29) is 11.8 Å². The summed E-state index contributed by atoms with van der Waals surface area (Å²) in [5, 5.41) is 5.56. The van der Waals surface area contributed by atoms with Gasteiger partial charge in [0.25, 0.3) is 11.8 Å². The van der Waals surface area contributed by atoms with E-state index >= 15 is 0 Å². The number of carbonyl (C=O) groups is 4. The number of likely N-dealkylation sites (tertiary alicyclic amines) is 1. The van der Waals surface area contributed by atoms with E-state index in [0.29, 0.717) is 24.1 Å². The van der Waals surface area contributed by atoms with E-state index in [0.717, 1.165) is 56.5 Å². The molecule has 1 spiro atoms. The summed E-state index contributed by atoms with van der Waals surface area (Å²) in [6.45, 7) is 3.11. The average molecular weight is 427 g/mol. The molecule has 0 bridgehead atoms. The van der Waals surface area contributed by atoms with Crippen molar-refractivity contribution in [1.82, 2.24) is 15.1 Å². The first kappa shape index (κ1) is 21.3. The van der Waals surface area contributed by atoms with Gasteiger partial charge < -0.3 is 15.5 Å². The van der Waals surface area contributed by atoms with Crippen LogP contribution in [0.15, 0.2) is 24.3 Å². The SMILES string of the molecule is CC(C(=O)Nc1ccc(C(=O)N2CCCCCC2)cc1)N1C(=O)NC2(CCCC2)C1=O. The molecule has 1 aromatic rings. The number of amides is 5. The van der Waals surface area contributed by atoms with Crippen LogP contribution < -0.4 is 10.6 Å². The van der Waals surface area contributed by atoms with Crippen molar-refractivity contribution >= 4 is 29.4 Å². The number of urea groups is 1. The van der Waals surface area contributed by atoms with Crippen LogP contribution in [0.4, 0.5) is 10.5 Å². The van der Waals surface area contributed by atoms with Gasteiger partial charge in [0, 0.05) is 24.3 Å². The second-order valence-corrected chi connectivity index (χ2v) is 8.84. The summed E-state index contributed by atoms with van der Waals surface area (Å²) in [6, 6.07) is 5.34. The quantitative estimate of drug-likeness (QED) is 0.723. The molecule has 1 aromatic carbocycles. The molecule has 5 amide bonds. The van der Waals surface area contributed by atoms with Gasteiger partial charge in [-0.1, -0.05) is 25.7 Å². The maximum atomic E-state index is 12.9. The summed E-state index contributed by atoms with van der Waals surface area (Å²) in [5.41, 5.74) is 0.276. The van der Waals surface area contributed by atoms with Crippen LogP contribution in [0, 0.1) is 0 Å². The molecule has 1 aliphatic carbocycles. The third-order valence-electron chi connectivity index (χ3n) is 6.71. The monoisotopic (exact) mass is 426 g/mol. The fraction of sp³-hybridized carbons (Fsp3) is 0.565. The van der Waals surface area contributed by atoms with Crippen molar-refractivity contribution in [1.29, 1.82) is 0 Å². The number of nitrogens with zero attached hydrogens (tertiary/aromatic N) is 2. The summed E-state index contributed by atoms with van der Waals surface area (Å²) < 4.78 is 0. The van der Waals surface area contributed by atoms with Crippen LogP contribution in [-0.4, -0.2) is 58.2 Å². The summed E-state index contributed by atoms with van der Waals surface area (Å²) in [5.74, 6) is -0.740. The minimum Gasteiger partial charge on any atom is -0.339 e. The lowest BCUT2D eigenvalue weighted by molar-refractivity contribution is -0.136. The third-order valence-corrected chi connectivity index (χ3v) is 6.71. The van der Waals surface area contributed by atoms with Crippen LogP contribution in [0.5, 0.6) is 0 Å². The smallest absolute Gasteiger partial charge is 0.325 e. The zero-order valence-electron chi connectivity index (χ0n) is 18.0. The zero-order valence-corrected chi connectivity index (χ0v) is 18.0. The first-order chi connectivity index (χ1) is 14.9. The average Bonchev–Trinajstić information content (AvgIpc) is 3.20. The highest BCUT2D eigenvalue weighted by atomic mass is 16.2. The van der Waals surface area contributed by atoms with Crippen LogP contribution in [0.3, 0.4) is 0 Å². The Hall–Kier alpha value is -2.90. The molecule has 31 heavy (non-hydrogen) atoms. The van der Waals surface area contributed by atoms with Crippen LogP contribution in [0.1, 0.15) is 68.6 Å². The molecule has 4 rings (SSSR count). The molecule has 1 saturated carbocycles. The molecule has 2 N–H and O–H groups in total.